The Kier molecular flexibility index (Phi) is 6.48. The van der Waals surface area contributed by atoms with Gasteiger partial charge in [0.1, 0.15) is 6.54 Å². The van der Waals surface area contributed by atoms with Crippen molar-refractivity contribution in [2.45, 2.75) is 18.9 Å². The molecule has 2 fully saturated rings. The number of nitrogens with zero attached hydrogens (tertiary/aromatic N) is 1. The van der Waals surface area contributed by atoms with E-state index >= 15 is 0 Å². The fourth-order valence-electron chi connectivity index (χ4n) is 2.85. The molecule has 9 heteroatoms. The van der Waals surface area contributed by atoms with Crippen LogP contribution in [0.25, 0.3) is 6.08 Å². The van der Waals surface area contributed by atoms with Crippen molar-refractivity contribution in [3.05, 3.63) is 40.3 Å². The van der Waals surface area contributed by atoms with Gasteiger partial charge in [-0.3, -0.25) is 19.3 Å². The lowest BCUT2D eigenvalue weighted by atomic mass is 10.1. The Balaban J connectivity index is 1.59. The van der Waals surface area contributed by atoms with Crippen molar-refractivity contribution in [1.82, 2.24) is 10.2 Å². The summed E-state index contributed by atoms with van der Waals surface area (Å²) in [5.74, 6) is -1.37. The molecule has 2 aliphatic rings. The minimum Gasteiger partial charge on any atom is -0.465 e. The molecular weight excluding hydrogens is 384 g/mol. The number of carbonyl (C=O) groups excluding carboxylic acids is 4. The zero-order valence-electron chi connectivity index (χ0n) is 15.3. The number of hydrogen-bond acceptors (Lipinski definition) is 7. The summed E-state index contributed by atoms with van der Waals surface area (Å²) in [5, 5.41) is 2.21. The van der Waals surface area contributed by atoms with E-state index in [1.807, 2.05) is 0 Å². The van der Waals surface area contributed by atoms with E-state index < -0.39 is 23.0 Å². The molecular formula is C19H20N2O6S. The Morgan fingerprint density at radius 3 is 2.71 bits per heavy atom. The molecule has 3 rings (SSSR count). The second-order valence-corrected chi connectivity index (χ2v) is 7.31. The normalized spacial score (nSPS) is 20.7. The minimum atomic E-state index is -0.515. The zero-order valence-corrected chi connectivity index (χ0v) is 16.1. The number of rotatable bonds is 6. The molecule has 2 aliphatic heterocycles. The monoisotopic (exact) mass is 404 g/mol. The van der Waals surface area contributed by atoms with Crippen LogP contribution in [0.15, 0.2) is 29.2 Å². The smallest absolute Gasteiger partial charge is 0.337 e. The standard InChI is InChI=1S/C19H20N2O6S/c1-26-18(24)13-6-4-12(5-7-13)9-15-17(23)21(19(25)28-15)11-16(22)20-10-14-3-2-8-27-14/h4-7,9,14H,2-3,8,10-11H2,1H3,(H,20,22)/b15-9-/t14-/m0/s1. The number of amides is 3. The summed E-state index contributed by atoms with van der Waals surface area (Å²) in [5.41, 5.74) is 1.04. The summed E-state index contributed by atoms with van der Waals surface area (Å²) < 4.78 is 10.1. The molecule has 148 valence electrons. The largest absolute Gasteiger partial charge is 0.465 e. The van der Waals surface area contributed by atoms with Gasteiger partial charge in [0.25, 0.3) is 11.1 Å². The number of esters is 1. The van der Waals surface area contributed by atoms with E-state index in [1.54, 1.807) is 30.3 Å². The lowest BCUT2D eigenvalue weighted by Crippen LogP contribution is -2.41. The first-order chi connectivity index (χ1) is 13.5. The van der Waals surface area contributed by atoms with Crippen molar-refractivity contribution in [2.75, 3.05) is 26.8 Å². The quantitative estimate of drug-likeness (QED) is 0.570. The fourth-order valence-corrected chi connectivity index (χ4v) is 3.69. The molecule has 0 aromatic heterocycles. The Labute approximate surface area is 166 Å². The maximum Gasteiger partial charge on any atom is 0.337 e. The number of ether oxygens (including phenoxy) is 2. The van der Waals surface area contributed by atoms with Crippen LogP contribution in [0.1, 0.15) is 28.8 Å². The van der Waals surface area contributed by atoms with Crippen molar-refractivity contribution < 1.29 is 28.7 Å². The van der Waals surface area contributed by atoms with Gasteiger partial charge in [-0.15, -0.1) is 0 Å². The molecule has 1 aromatic carbocycles. The minimum absolute atomic E-state index is 0.00766. The molecule has 28 heavy (non-hydrogen) atoms. The molecule has 0 bridgehead atoms. The molecule has 0 spiro atoms. The highest BCUT2D eigenvalue weighted by Gasteiger charge is 2.36. The van der Waals surface area contributed by atoms with E-state index in [9.17, 15) is 19.2 Å². The lowest BCUT2D eigenvalue weighted by Gasteiger charge is -2.14. The SMILES string of the molecule is COC(=O)c1ccc(/C=C2\SC(=O)N(CC(=O)NC[C@@H]3CCCO3)C2=O)cc1. The average molecular weight is 404 g/mol. The number of hydrogen-bond donors (Lipinski definition) is 1. The van der Waals surface area contributed by atoms with Crippen LogP contribution in [0.4, 0.5) is 4.79 Å². The van der Waals surface area contributed by atoms with E-state index in [4.69, 9.17) is 4.74 Å². The summed E-state index contributed by atoms with van der Waals surface area (Å²) in [4.78, 5) is 49.3. The van der Waals surface area contributed by atoms with E-state index in [2.05, 4.69) is 10.1 Å². The Morgan fingerprint density at radius 1 is 1.32 bits per heavy atom. The highest BCUT2D eigenvalue weighted by molar-refractivity contribution is 8.18. The number of methoxy groups -OCH3 is 1. The van der Waals surface area contributed by atoms with Crippen LogP contribution in [0.3, 0.4) is 0 Å². The predicted octanol–water partition coefficient (Wildman–Crippen LogP) is 1.80. The van der Waals surface area contributed by atoms with E-state index in [0.29, 0.717) is 24.3 Å². The van der Waals surface area contributed by atoms with Gasteiger partial charge in [-0.25, -0.2) is 4.79 Å². The summed E-state index contributed by atoms with van der Waals surface area (Å²) in [6.45, 7) is 0.739. The van der Waals surface area contributed by atoms with Gasteiger partial charge in [0.2, 0.25) is 5.91 Å². The summed E-state index contributed by atoms with van der Waals surface area (Å²) in [6.07, 6.45) is 3.40. The predicted molar refractivity (Wildman–Crippen MR) is 102 cm³/mol. The van der Waals surface area contributed by atoms with Crippen molar-refractivity contribution in [1.29, 1.82) is 0 Å². The first-order valence-electron chi connectivity index (χ1n) is 8.80. The van der Waals surface area contributed by atoms with Crippen LogP contribution in [0.2, 0.25) is 0 Å². The third-order valence-corrected chi connectivity index (χ3v) is 5.26. The number of carbonyl (C=O) groups is 4. The Bertz CT molecular complexity index is 814. The molecule has 0 aliphatic carbocycles. The number of nitrogens with one attached hydrogen (secondary N) is 1. The van der Waals surface area contributed by atoms with Crippen LogP contribution >= 0.6 is 11.8 Å². The van der Waals surface area contributed by atoms with Gasteiger partial charge >= 0.3 is 5.97 Å². The first-order valence-corrected chi connectivity index (χ1v) is 9.61. The zero-order chi connectivity index (χ0) is 20.1. The van der Waals surface area contributed by atoms with Crippen molar-refractivity contribution in [3.63, 3.8) is 0 Å². The van der Waals surface area contributed by atoms with Gasteiger partial charge < -0.3 is 14.8 Å². The summed E-state index contributed by atoms with van der Waals surface area (Å²) >= 11 is 0.779. The number of imide groups is 1. The maximum absolute atomic E-state index is 12.5. The van der Waals surface area contributed by atoms with Gasteiger partial charge in [-0.1, -0.05) is 12.1 Å². The maximum atomic E-state index is 12.5. The molecule has 2 heterocycles. The van der Waals surface area contributed by atoms with Crippen LogP contribution in [0.5, 0.6) is 0 Å². The molecule has 3 amide bonds. The van der Waals surface area contributed by atoms with Crippen molar-refractivity contribution >= 4 is 40.9 Å². The third-order valence-electron chi connectivity index (χ3n) is 4.36. The molecule has 1 atom stereocenters. The van der Waals surface area contributed by atoms with Gasteiger partial charge in [-0.05, 0) is 48.4 Å². The van der Waals surface area contributed by atoms with Crippen molar-refractivity contribution in [2.24, 2.45) is 0 Å². The highest BCUT2D eigenvalue weighted by atomic mass is 32.2. The molecule has 2 saturated heterocycles. The first kappa shape index (κ1) is 20.1. The second-order valence-electron chi connectivity index (χ2n) is 6.32. The Morgan fingerprint density at radius 2 is 2.07 bits per heavy atom. The second kappa shape index (κ2) is 9.03. The average Bonchev–Trinajstić information content (AvgIpc) is 3.30. The van der Waals surface area contributed by atoms with Gasteiger partial charge in [0.15, 0.2) is 0 Å². The van der Waals surface area contributed by atoms with Crippen LogP contribution in [0, 0.1) is 0 Å². The summed E-state index contributed by atoms with van der Waals surface area (Å²) in [7, 11) is 1.29. The van der Waals surface area contributed by atoms with E-state index in [1.165, 1.54) is 7.11 Å². The van der Waals surface area contributed by atoms with Crippen LogP contribution < -0.4 is 5.32 Å². The molecule has 0 saturated carbocycles. The lowest BCUT2D eigenvalue weighted by molar-refractivity contribution is -0.129. The Hall–Kier alpha value is -2.65. The van der Waals surface area contributed by atoms with E-state index in [0.717, 1.165) is 29.5 Å². The van der Waals surface area contributed by atoms with Crippen LogP contribution in [-0.4, -0.2) is 60.8 Å². The van der Waals surface area contributed by atoms with Crippen LogP contribution in [-0.2, 0) is 19.1 Å². The molecule has 1 N–H and O–H groups in total. The summed E-state index contributed by atoms with van der Waals surface area (Å²) in [6, 6.07) is 6.43. The molecule has 0 radical (unpaired) electrons. The van der Waals surface area contributed by atoms with E-state index in [-0.39, 0.29) is 17.6 Å². The third kappa shape index (κ3) is 4.79. The van der Waals surface area contributed by atoms with Gasteiger partial charge in [0.05, 0.1) is 23.7 Å². The van der Waals surface area contributed by atoms with Gasteiger partial charge in [-0.2, -0.15) is 0 Å². The fraction of sp³-hybridized carbons (Fsp3) is 0.368. The molecule has 8 nitrogen and oxygen atoms in total. The molecule has 0 unspecified atom stereocenters. The highest BCUT2D eigenvalue weighted by Crippen LogP contribution is 2.32. The van der Waals surface area contributed by atoms with Gasteiger partial charge in [0, 0.05) is 13.2 Å². The number of thioether (sulfide) groups is 1. The molecule has 1 aromatic rings. The topological polar surface area (TPSA) is 102 Å². The van der Waals surface area contributed by atoms with Crippen molar-refractivity contribution in [3.8, 4) is 0 Å². The number of benzene rings is 1.